The SMILES string of the molecule is CCCCCCCC(c1cc(C(F)(F)F)ccc1OB(Oc1ccc(C(F)(F)F)cc1)Oc1ccc(C(F)(F)F)cc1)[N+](CCCC)(CCCC)CCCC. The molecule has 3 rings (SSSR count). The molecule has 3 aromatic carbocycles. The summed E-state index contributed by atoms with van der Waals surface area (Å²) in [6.45, 7) is 10.5. The second kappa shape index (κ2) is 21.1. The van der Waals surface area contributed by atoms with Crippen LogP contribution in [0.4, 0.5) is 39.5 Å². The maximum Gasteiger partial charge on any atom is 0.864 e. The molecule has 306 valence electrons. The zero-order chi connectivity index (χ0) is 40.7. The average Bonchev–Trinajstić information content (AvgIpc) is 3.13. The van der Waals surface area contributed by atoms with E-state index in [2.05, 4.69) is 27.7 Å². The van der Waals surface area contributed by atoms with Gasteiger partial charge in [-0.2, -0.15) is 39.5 Å². The zero-order valence-corrected chi connectivity index (χ0v) is 32.2. The summed E-state index contributed by atoms with van der Waals surface area (Å²) in [7, 11) is -1.82. The van der Waals surface area contributed by atoms with Gasteiger partial charge in [0.1, 0.15) is 23.3 Å². The van der Waals surface area contributed by atoms with Crippen LogP contribution in [-0.2, 0) is 18.5 Å². The quantitative estimate of drug-likeness (QED) is 0.0414. The first kappa shape index (κ1) is 45.8. The molecule has 14 heteroatoms. The van der Waals surface area contributed by atoms with Gasteiger partial charge >= 0.3 is 25.9 Å². The number of rotatable bonds is 23. The van der Waals surface area contributed by atoms with Gasteiger partial charge in [-0.15, -0.1) is 0 Å². The number of alkyl halides is 9. The van der Waals surface area contributed by atoms with E-state index in [-0.39, 0.29) is 17.2 Å². The van der Waals surface area contributed by atoms with Crippen molar-refractivity contribution in [3.63, 3.8) is 0 Å². The number of unbranched alkanes of at least 4 members (excludes halogenated alkanes) is 7. The molecule has 0 amide bonds. The van der Waals surface area contributed by atoms with Crippen LogP contribution in [0.25, 0.3) is 0 Å². The van der Waals surface area contributed by atoms with Gasteiger partial charge in [0, 0.05) is 6.42 Å². The van der Waals surface area contributed by atoms with E-state index < -0.39 is 48.6 Å². The minimum absolute atomic E-state index is 0.0161. The van der Waals surface area contributed by atoms with Crippen molar-refractivity contribution in [2.45, 2.75) is 129 Å². The van der Waals surface area contributed by atoms with Gasteiger partial charge in [-0.3, -0.25) is 0 Å². The molecular weight excluding hydrogens is 736 g/mol. The largest absolute Gasteiger partial charge is 0.864 e. The highest BCUT2D eigenvalue weighted by atomic mass is 19.4. The lowest BCUT2D eigenvalue weighted by atomic mass is 9.91. The van der Waals surface area contributed by atoms with E-state index in [0.717, 1.165) is 151 Å². The van der Waals surface area contributed by atoms with Crippen molar-refractivity contribution in [1.82, 2.24) is 0 Å². The fourth-order valence-electron chi connectivity index (χ4n) is 6.82. The Balaban J connectivity index is 2.22. The van der Waals surface area contributed by atoms with Gasteiger partial charge in [-0.25, -0.2) is 0 Å². The third kappa shape index (κ3) is 14.2. The predicted molar refractivity (Wildman–Crippen MR) is 198 cm³/mol. The molecule has 1 unspecified atom stereocenters. The van der Waals surface area contributed by atoms with Crippen LogP contribution < -0.4 is 14.0 Å². The van der Waals surface area contributed by atoms with Gasteiger partial charge in [0.15, 0.2) is 0 Å². The van der Waals surface area contributed by atoms with Crippen LogP contribution in [0.15, 0.2) is 66.7 Å². The smallest absolute Gasteiger partial charge is 0.490 e. The molecule has 0 saturated heterocycles. The molecule has 0 heterocycles. The number of hydrogen-bond acceptors (Lipinski definition) is 3. The Morgan fingerprint density at radius 3 is 1.29 bits per heavy atom. The van der Waals surface area contributed by atoms with E-state index >= 15 is 0 Å². The fraction of sp³-hybridized carbons (Fsp3) is 0.561. The Labute approximate surface area is 320 Å². The first-order valence-electron chi connectivity index (χ1n) is 19.4. The van der Waals surface area contributed by atoms with E-state index in [1.54, 1.807) is 0 Å². The molecule has 0 bridgehead atoms. The van der Waals surface area contributed by atoms with E-state index in [1.165, 1.54) is 6.07 Å². The Bertz CT molecular complexity index is 1460. The highest BCUT2D eigenvalue weighted by Crippen LogP contribution is 2.43. The lowest BCUT2D eigenvalue weighted by molar-refractivity contribution is -0.958. The molecule has 0 aliphatic rings. The number of halogens is 9. The predicted octanol–water partition coefficient (Wildman–Crippen LogP) is 13.9. The molecule has 0 spiro atoms. The Hall–Kier alpha value is -3.55. The lowest BCUT2D eigenvalue weighted by Crippen LogP contribution is -2.53. The summed E-state index contributed by atoms with van der Waals surface area (Å²) >= 11 is 0. The molecule has 55 heavy (non-hydrogen) atoms. The van der Waals surface area contributed by atoms with Crippen LogP contribution in [0.5, 0.6) is 17.2 Å². The molecule has 0 aromatic heterocycles. The summed E-state index contributed by atoms with van der Waals surface area (Å²) < 4.78 is 142. The molecule has 3 aromatic rings. The van der Waals surface area contributed by atoms with E-state index in [0.29, 0.717) is 16.5 Å². The van der Waals surface area contributed by atoms with Crippen molar-refractivity contribution in [3.8, 4) is 17.2 Å². The minimum Gasteiger partial charge on any atom is -0.490 e. The van der Waals surface area contributed by atoms with Crippen molar-refractivity contribution in [2.24, 2.45) is 0 Å². The summed E-state index contributed by atoms with van der Waals surface area (Å²) in [4.78, 5) is 0. The first-order chi connectivity index (χ1) is 26.0. The van der Waals surface area contributed by atoms with Gasteiger partial charge in [0.25, 0.3) is 0 Å². The number of quaternary nitrogens is 1. The number of benzene rings is 3. The molecule has 0 fully saturated rings. The third-order valence-electron chi connectivity index (χ3n) is 9.86. The van der Waals surface area contributed by atoms with Crippen LogP contribution in [0, 0.1) is 0 Å². The molecule has 0 radical (unpaired) electrons. The van der Waals surface area contributed by atoms with Crippen LogP contribution in [-0.4, -0.2) is 31.4 Å². The fourth-order valence-corrected chi connectivity index (χ4v) is 6.82. The summed E-state index contributed by atoms with van der Waals surface area (Å²) in [5, 5.41) is 0. The van der Waals surface area contributed by atoms with Gasteiger partial charge in [-0.1, -0.05) is 72.6 Å². The summed E-state index contributed by atoms with van der Waals surface area (Å²) in [5.41, 5.74) is -2.47. The first-order valence-corrected chi connectivity index (χ1v) is 19.4. The summed E-state index contributed by atoms with van der Waals surface area (Å²) in [5.74, 6) is -0.253. The van der Waals surface area contributed by atoms with Crippen LogP contribution in [0.3, 0.4) is 0 Å². The van der Waals surface area contributed by atoms with Crippen molar-refractivity contribution in [1.29, 1.82) is 0 Å². The van der Waals surface area contributed by atoms with Crippen molar-refractivity contribution >= 4 is 7.32 Å². The highest BCUT2D eigenvalue weighted by molar-refractivity contribution is 6.39. The van der Waals surface area contributed by atoms with Gasteiger partial charge in [0.05, 0.1) is 41.9 Å². The van der Waals surface area contributed by atoms with Crippen LogP contribution in [0.2, 0.25) is 0 Å². The maximum absolute atomic E-state index is 14.5. The Morgan fingerprint density at radius 2 is 0.891 bits per heavy atom. The lowest BCUT2D eigenvalue weighted by Gasteiger charge is -2.46. The molecule has 1 atom stereocenters. The van der Waals surface area contributed by atoms with Gasteiger partial charge in [-0.05, 0) is 92.4 Å². The monoisotopic (exact) mass is 790 g/mol. The molecular formula is C41H54BF9NO3+. The highest BCUT2D eigenvalue weighted by Gasteiger charge is 2.42. The Kier molecular flexibility index (Phi) is 17.6. The molecule has 0 N–H and O–H groups in total. The van der Waals surface area contributed by atoms with Crippen molar-refractivity contribution in [2.75, 3.05) is 19.6 Å². The van der Waals surface area contributed by atoms with Gasteiger partial charge < -0.3 is 18.4 Å². The minimum atomic E-state index is -4.68. The standard InChI is InChI=1S/C41H54BF9NO3/c1-5-9-13-14-15-16-37(52(27-10-6-2,28-11-7-3)29-12-8-4)36-30-33(41(49,50)51)21-26-38(36)55-42(53-34-22-17-31(18-23-34)39(43,44)45)54-35-24-19-32(20-25-35)40(46,47)48/h17-26,30,37H,5-16,27-29H2,1-4H3/q+1. The topological polar surface area (TPSA) is 27.7 Å². The van der Waals surface area contributed by atoms with E-state index in [4.69, 9.17) is 14.0 Å². The maximum atomic E-state index is 14.5. The van der Waals surface area contributed by atoms with Crippen LogP contribution >= 0.6 is 0 Å². The molecule has 0 saturated carbocycles. The van der Waals surface area contributed by atoms with Crippen molar-refractivity contribution in [3.05, 3.63) is 89.0 Å². The summed E-state index contributed by atoms with van der Waals surface area (Å²) in [6.07, 6.45) is -3.46. The van der Waals surface area contributed by atoms with E-state index in [1.807, 2.05) is 0 Å². The summed E-state index contributed by atoms with van der Waals surface area (Å²) in [6, 6.07) is 10.0. The van der Waals surface area contributed by atoms with E-state index in [9.17, 15) is 39.5 Å². The molecule has 0 aliphatic heterocycles. The Morgan fingerprint density at radius 1 is 0.491 bits per heavy atom. The average molecular weight is 791 g/mol. The second-order valence-electron chi connectivity index (χ2n) is 14.1. The number of nitrogens with zero attached hydrogens (tertiary/aromatic N) is 1. The second-order valence-corrected chi connectivity index (χ2v) is 14.1. The number of hydrogen-bond donors (Lipinski definition) is 0. The molecule has 4 nitrogen and oxygen atoms in total. The zero-order valence-electron chi connectivity index (χ0n) is 32.2. The normalized spacial score (nSPS) is 13.1. The third-order valence-corrected chi connectivity index (χ3v) is 9.86. The van der Waals surface area contributed by atoms with Crippen LogP contribution in [0.1, 0.15) is 133 Å². The molecule has 0 aliphatic carbocycles. The van der Waals surface area contributed by atoms with Crippen molar-refractivity contribution < 1.29 is 58.0 Å². The van der Waals surface area contributed by atoms with Gasteiger partial charge in [0.2, 0.25) is 0 Å².